The average Bonchev–Trinajstić information content (AvgIpc) is 2.93. The molecule has 0 aromatic carbocycles. The second-order valence-electron chi connectivity index (χ2n) is 4.66. The van der Waals surface area contributed by atoms with Crippen molar-refractivity contribution in [2.75, 3.05) is 17.7 Å². The fourth-order valence-corrected chi connectivity index (χ4v) is 1.93. The Morgan fingerprint density at radius 1 is 1.57 bits per heavy atom. The maximum absolute atomic E-state index is 11.9. The minimum Gasteiger partial charge on any atom is -0.462 e. The topological polar surface area (TPSA) is 95.1 Å². The predicted octanol–water partition coefficient (Wildman–Crippen LogP) is 1.54. The van der Waals surface area contributed by atoms with Gasteiger partial charge in [0.05, 0.1) is 25.0 Å². The quantitative estimate of drug-likeness (QED) is 0.783. The smallest absolute Gasteiger partial charge is 0.341 e. The Morgan fingerprint density at radius 3 is 3.05 bits per heavy atom. The highest BCUT2D eigenvalue weighted by Gasteiger charge is 2.16. The lowest BCUT2D eigenvalue weighted by Crippen LogP contribution is -2.24. The van der Waals surface area contributed by atoms with Gasteiger partial charge in [-0.1, -0.05) is 0 Å². The van der Waals surface area contributed by atoms with Crippen LogP contribution >= 0.6 is 0 Å². The highest BCUT2D eigenvalue weighted by atomic mass is 16.5. The Balaban J connectivity index is 2.13. The van der Waals surface area contributed by atoms with Crippen molar-refractivity contribution in [1.29, 1.82) is 0 Å². The maximum Gasteiger partial charge on any atom is 0.341 e. The summed E-state index contributed by atoms with van der Waals surface area (Å²) in [6, 6.07) is 3.46. The van der Waals surface area contributed by atoms with E-state index >= 15 is 0 Å². The number of rotatable bonds is 6. The lowest BCUT2D eigenvalue weighted by molar-refractivity contribution is 0.0527. The van der Waals surface area contributed by atoms with Crippen LogP contribution in [0.3, 0.4) is 0 Å². The summed E-state index contributed by atoms with van der Waals surface area (Å²) >= 11 is 0. The lowest BCUT2D eigenvalue weighted by Gasteiger charge is -2.17. The SMILES string of the molecule is CCOC(=O)c1cc(N)cnc1NC(C)Cn1cccn1. The fraction of sp³-hybridized carbons (Fsp3) is 0.357. The first kappa shape index (κ1) is 14.8. The van der Waals surface area contributed by atoms with Crippen LogP contribution in [0.25, 0.3) is 0 Å². The van der Waals surface area contributed by atoms with Gasteiger partial charge in [0, 0.05) is 18.4 Å². The molecule has 0 bridgehead atoms. The van der Waals surface area contributed by atoms with Crippen molar-refractivity contribution in [2.24, 2.45) is 0 Å². The van der Waals surface area contributed by atoms with Crippen molar-refractivity contribution in [3.63, 3.8) is 0 Å². The summed E-state index contributed by atoms with van der Waals surface area (Å²) in [4.78, 5) is 16.1. The number of carbonyl (C=O) groups excluding carboxylic acids is 1. The highest BCUT2D eigenvalue weighted by Crippen LogP contribution is 2.18. The largest absolute Gasteiger partial charge is 0.462 e. The normalized spacial score (nSPS) is 11.9. The van der Waals surface area contributed by atoms with Gasteiger partial charge in [-0.15, -0.1) is 0 Å². The number of hydrogen-bond acceptors (Lipinski definition) is 6. The maximum atomic E-state index is 11.9. The van der Waals surface area contributed by atoms with E-state index in [1.165, 1.54) is 6.20 Å². The predicted molar refractivity (Wildman–Crippen MR) is 79.9 cm³/mol. The molecule has 0 saturated carbocycles. The van der Waals surface area contributed by atoms with Gasteiger partial charge in [-0.25, -0.2) is 9.78 Å². The van der Waals surface area contributed by atoms with E-state index in [0.29, 0.717) is 30.2 Å². The van der Waals surface area contributed by atoms with Crippen LogP contribution in [0, 0.1) is 0 Å². The van der Waals surface area contributed by atoms with E-state index in [0.717, 1.165) is 0 Å². The van der Waals surface area contributed by atoms with Gasteiger partial charge >= 0.3 is 5.97 Å². The summed E-state index contributed by atoms with van der Waals surface area (Å²) in [5, 5.41) is 7.33. The number of nitrogen functional groups attached to an aromatic ring is 1. The Bertz CT molecular complexity index is 597. The van der Waals surface area contributed by atoms with Crippen molar-refractivity contribution in [3.05, 3.63) is 36.3 Å². The third-order valence-electron chi connectivity index (χ3n) is 2.81. The van der Waals surface area contributed by atoms with Crippen LogP contribution in [-0.4, -0.2) is 33.4 Å². The summed E-state index contributed by atoms with van der Waals surface area (Å²) in [6.07, 6.45) is 5.10. The van der Waals surface area contributed by atoms with Crippen LogP contribution in [0.5, 0.6) is 0 Å². The molecule has 0 saturated heterocycles. The molecule has 2 heterocycles. The van der Waals surface area contributed by atoms with E-state index in [1.54, 1.807) is 23.9 Å². The van der Waals surface area contributed by atoms with Crippen LogP contribution in [0.2, 0.25) is 0 Å². The average molecular weight is 289 g/mol. The number of nitrogens with two attached hydrogens (primary N) is 1. The second-order valence-corrected chi connectivity index (χ2v) is 4.66. The Labute approximate surface area is 123 Å². The van der Waals surface area contributed by atoms with Crippen molar-refractivity contribution in [2.45, 2.75) is 26.4 Å². The molecule has 2 aromatic heterocycles. The standard InChI is InChI=1S/C14H19N5O2/c1-3-21-14(20)12-7-11(15)8-16-13(12)18-10(2)9-19-6-4-5-17-19/h4-8,10H,3,9,15H2,1-2H3,(H,16,18). The Morgan fingerprint density at radius 2 is 2.38 bits per heavy atom. The molecule has 0 amide bonds. The lowest BCUT2D eigenvalue weighted by atomic mass is 10.2. The molecule has 1 atom stereocenters. The number of nitrogens with zero attached hydrogens (tertiary/aromatic N) is 3. The summed E-state index contributed by atoms with van der Waals surface area (Å²) in [5.41, 5.74) is 6.45. The van der Waals surface area contributed by atoms with Gasteiger partial charge in [0.25, 0.3) is 0 Å². The molecule has 0 aliphatic heterocycles. The number of pyridine rings is 1. The van der Waals surface area contributed by atoms with Crippen molar-refractivity contribution in [3.8, 4) is 0 Å². The highest BCUT2D eigenvalue weighted by molar-refractivity contribution is 5.95. The minimum absolute atomic E-state index is 0.0363. The molecule has 7 nitrogen and oxygen atoms in total. The van der Waals surface area contributed by atoms with E-state index in [9.17, 15) is 4.79 Å². The third-order valence-corrected chi connectivity index (χ3v) is 2.81. The number of nitrogens with one attached hydrogen (secondary N) is 1. The van der Waals surface area contributed by atoms with Crippen LogP contribution < -0.4 is 11.1 Å². The molecule has 1 unspecified atom stereocenters. The van der Waals surface area contributed by atoms with E-state index < -0.39 is 5.97 Å². The van der Waals surface area contributed by atoms with Crippen LogP contribution in [-0.2, 0) is 11.3 Å². The molecule has 0 aliphatic carbocycles. The molecule has 0 aliphatic rings. The first-order valence-corrected chi connectivity index (χ1v) is 6.76. The molecule has 21 heavy (non-hydrogen) atoms. The molecule has 0 spiro atoms. The first-order valence-electron chi connectivity index (χ1n) is 6.76. The number of hydrogen-bond donors (Lipinski definition) is 2. The number of anilines is 2. The van der Waals surface area contributed by atoms with Crippen molar-refractivity contribution in [1.82, 2.24) is 14.8 Å². The van der Waals surface area contributed by atoms with Gasteiger partial charge in [0.1, 0.15) is 11.4 Å². The molecule has 7 heteroatoms. The molecule has 2 rings (SSSR count). The number of aromatic nitrogens is 3. The summed E-state index contributed by atoms with van der Waals surface area (Å²) < 4.78 is 6.82. The van der Waals surface area contributed by atoms with Crippen LogP contribution in [0.15, 0.2) is 30.7 Å². The van der Waals surface area contributed by atoms with Gasteiger partial charge < -0.3 is 15.8 Å². The molecule has 112 valence electrons. The summed E-state index contributed by atoms with van der Waals surface area (Å²) in [6.45, 7) is 4.69. The van der Waals surface area contributed by atoms with E-state index in [2.05, 4.69) is 15.4 Å². The van der Waals surface area contributed by atoms with Crippen molar-refractivity contribution >= 4 is 17.5 Å². The first-order chi connectivity index (χ1) is 10.1. The van der Waals surface area contributed by atoms with Crippen molar-refractivity contribution < 1.29 is 9.53 Å². The zero-order valence-electron chi connectivity index (χ0n) is 12.1. The number of ether oxygens (including phenoxy) is 1. The minimum atomic E-state index is -0.439. The van der Waals surface area contributed by atoms with Gasteiger partial charge in [0.15, 0.2) is 0 Å². The summed E-state index contributed by atoms with van der Waals surface area (Å²) in [5.74, 6) is 0.0217. The van der Waals surface area contributed by atoms with Gasteiger partial charge in [-0.2, -0.15) is 5.10 Å². The molecule has 3 N–H and O–H groups in total. The van der Waals surface area contributed by atoms with E-state index in [1.807, 2.05) is 19.2 Å². The molecule has 0 radical (unpaired) electrons. The Kier molecular flexibility index (Phi) is 4.76. The molecular formula is C14H19N5O2. The third kappa shape index (κ3) is 3.95. The summed E-state index contributed by atoms with van der Waals surface area (Å²) in [7, 11) is 0. The molecule has 2 aromatic rings. The second kappa shape index (κ2) is 6.74. The van der Waals surface area contributed by atoms with Gasteiger partial charge in [0.2, 0.25) is 0 Å². The van der Waals surface area contributed by atoms with Crippen LogP contribution in [0.4, 0.5) is 11.5 Å². The van der Waals surface area contributed by atoms with Gasteiger partial charge in [-0.3, -0.25) is 4.68 Å². The zero-order valence-corrected chi connectivity index (χ0v) is 12.1. The number of carbonyl (C=O) groups is 1. The molecular weight excluding hydrogens is 270 g/mol. The van der Waals surface area contributed by atoms with E-state index in [4.69, 9.17) is 10.5 Å². The molecule has 0 fully saturated rings. The van der Waals surface area contributed by atoms with Gasteiger partial charge in [-0.05, 0) is 26.0 Å². The van der Waals surface area contributed by atoms with E-state index in [-0.39, 0.29) is 6.04 Å². The number of esters is 1. The Hall–Kier alpha value is -2.57. The monoisotopic (exact) mass is 289 g/mol. The van der Waals surface area contributed by atoms with Crippen LogP contribution in [0.1, 0.15) is 24.2 Å². The zero-order chi connectivity index (χ0) is 15.2. The fourth-order valence-electron chi connectivity index (χ4n) is 1.93.